The molecular formula is C9H8N2O. The molecule has 0 fully saturated rings. The van der Waals surface area contributed by atoms with Gasteiger partial charge in [-0.3, -0.25) is 9.89 Å². The average molecular weight is 160 g/mol. The molecule has 0 amide bonds. The van der Waals surface area contributed by atoms with Crippen molar-refractivity contribution in [2.45, 2.75) is 6.42 Å². The number of aromatic amines is 1. The molecule has 1 aliphatic rings. The first-order valence-electron chi connectivity index (χ1n) is 3.76. The number of carbonyl (C=O) groups excluding carboxylic acids is 1. The number of hydrogen-bond acceptors (Lipinski definition) is 2. The number of nitrogens with one attached hydrogen (secondary N) is 1. The zero-order chi connectivity index (χ0) is 8.39. The Bertz CT molecular complexity index is 347. The third-order valence-corrected chi connectivity index (χ3v) is 1.79. The van der Waals surface area contributed by atoms with Crippen LogP contribution in [-0.2, 0) is 4.79 Å². The largest absolute Gasteiger partial charge is 0.294 e. The Kier molecular flexibility index (Phi) is 1.63. The molecule has 60 valence electrons. The molecule has 1 aliphatic carbocycles. The molecule has 0 spiro atoms. The number of rotatable bonds is 1. The van der Waals surface area contributed by atoms with Crippen molar-refractivity contribution in [2.75, 3.05) is 0 Å². The summed E-state index contributed by atoms with van der Waals surface area (Å²) in [4.78, 5) is 11.0. The molecule has 1 aromatic rings. The molecule has 3 heteroatoms. The average Bonchev–Trinajstić information content (AvgIpc) is 2.56. The van der Waals surface area contributed by atoms with Gasteiger partial charge >= 0.3 is 0 Å². The quantitative estimate of drug-likeness (QED) is 0.673. The van der Waals surface area contributed by atoms with E-state index >= 15 is 0 Å². The number of nitrogens with zero attached hydrogens (tertiary/aromatic N) is 1. The van der Waals surface area contributed by atoms with E-state index in [2.05, 4.69) is 10.2 Å². The molecule has 0 radical (unpaired) electrons. The highest BCUT2D eigenvalue weighted by Crippen LogP contribution is 2.18. The van der Waals surface area contributed by atoms with Gasteiger partial charge < -0.3 is 0 Å². The van der Waals surface area contributed by atoms with Crippen LogP contribution in [0.4, 0.5) is 0 Å². The Balaban J connectivity index is 2.31. The lowest BCUT2D eigenvalue weighted by Crippen LogP contribution is -1.99. The summed E-state index contributed by atoms with van der Waals surface area (Å²) in [5, 5.41) is 6.64. The topological polar surface area (TPSA) is 45.8 Å². The summed E-state index contributed by atoms with van der Waals surface area (Å²) >= 11 is 0. The Morgan fingerprint density at radius 2 is 2.42 bits per heavy atom. The number of allylic oxidation sites excluding steroid dienone is 4. The summed E-state index contributed by atoms with van der Waals surface area (Å²) in [5.41, 5.74) is 1.92. The van der Waals surface area contributed by atoms with Crippen molar-refractivity contribution >= 4 is 11.4 Å². The predicted octanol–water partition coefficient (Wildman–Crippen LogP) is 1.32. The Morgan fingerprint density at radius 1 is 1.50 bits per heavy atom. The second-order valence-corrected chi connectivity index (χ2v) is 2.66. The van der Waals surface area contributed by atoms with Gasteiger partial charge in [0.2, 0.25) is 0 Å². The summed E-state index contributed by atoms with van der Waals surface area (Å²) < 4.78 is 0. The lowest BCUT2D eigenvalue weighted by Gasteiger charge is -2.04. The minimum atomic E-state index is 0.141. The van der Waals surface area contributed by atoms with E-state index in [1.807, 2.05) is 12.1 Å². The van der Waals surface area contributed by atoms with Crippen molar-refractivity contribution in [1.82, 2.24) is 10.2 Å². The number of H-pyrrole nitrogens is 1. The van der Waals surface area contributed by atoms with Gasteiger partial charge in [-0.2, -0.15) is 5.10 Å². The third kappa shape index (κ3) is 1.21. The fraction of sp³-hybridized carbons (Fsp3) is 0.111. The van der Waals surface area contributed by atoms with Crippen molar-refractivity contribution in [3.05, 3.63) is 36.2 Å². The van der Waals surface area contributed by atoms with Crippen molar-refractivity contribution in [3.63, 3.8) is 0 Å². The van der Waals surface area contributed by atoms with Crippen LogP contribution in [0.3, 0.4) is 0 Å². The molecule has 1 N–H and O–H groups in total. The smallest absolute Gasteiger partial charge is 0.160 e. The molecule has 3 nitrogen and oxygen atoms in total. The van der Waals surface area contributed by atoms with Gasteiger partial charge in [-0.15, -0.1) is 0 Å². The summed E-state index contributed by atoms with van der Waals surface area (Å²) in [7, 11) is 0. The molecule has 12 heavy (non-hydrogen) atoms. The van der Waals surface area contributed by atoms with Crippen LogP contribution in [0.25, 0.3) is 5.57 Å². The summed E-state index contributed by atoms with van der Waals surface area (Å²) in [6.07, 6.45) is 7.43. The Morgan fingerprint density at radius 3 is 3.08 bits per heavy atom. The second-order valence-electron chi connectivity index (χ2n) is 2.66. The van der Waals surface area contributed by atoms with Crippen LogP contribution < -0.4 is 0 Å². The van der Waals surface area contributed by atoms with Gasteiger partial charge in [0, 0.05) is 12.6 Å². The van der Waals surface area contributed by atoms with Gasteiger partial charge in [0.25, 0.3) is 0 Å². The highest BCUT2D eigenvalue weighted by molar-refractivity contribution is 5.99. The van der Waals surface area contributed by atoms with Crippen LogP contribution in [0.2, 0.25) is 0 Å². The first-order valence-corrected chi connectivity index (χ1v) is 3.76. The first-order chi connectivity index (χ1) is 5.86. The molecule has 0 atom stereocenters. The summed E-state index contributed by atoms with van der Waals surface area (Å²) in [6, 6.07) is 1.86. The highest BCUT2D eigenvalue weighted by atomic mass is 16.1. The van der Waals surface area contributed by atoms with Crippen LogP contribution >= 0.6 is 0 Å². The Labute approximate surface area is 69.8 Å². The zero-order valence-corrected chi connectivity index (χ0v) is 6.45. The number of carbonyl (C=O) groups is 1. The molecule has 1 heterocycles. The van der Waals surface area contributed by atoms with Crippen LogP contribution in [-0.4, -0.2) is 16.0 Å². The standard InChI is InChI=1S/C9H8N2O/c12-8-3-1-2-7(6-8)9-4-5-10-11-9/h1-5H,6H2,(H,10,11). The maximum absolute atomic E-state index is 11.0. The fourth-order valence-corrected chi connectivity index (χ4v) is 1.20. The van der Waals surface area contributed by atoms with E-state index in [-0.39, 0.29) is 5.78 Å². The predicted molar refractivity (Wildman–Crippen MR) is 45.3 cm³/mol. The molecular weight excluding hydrogens is 152 g/mol. The zero-order valence-electron chi connectivity index (χ0n) is 6.45. The SMILES string of the molecule is O=C1C=CC=C(c2ccn[nH]2)C1. The van der Waals surface area contributed by atoms with Crippen molar-refractivity contribution < 1.29 is 4.79 Å². The minimum absolute atomic E-state index is 0.141. The maximum Gasteiger partial charge on any atom is 0.160 e. The molecule has 0 saturated heterocycles. The highest BCUT2D eigenvalue weighted by Gasteiger charge is 2.09. The number of hydrogen-bond donors (Lipinski definition) is 1. The molecule has 2 rings (SSSR count). The third-order valence-electron chi connectivity index (χ3n) is 1.79. The lowest BCUT2D eigenvalue weighted by atomic mass is 10.0. The fourth-order valence-electron chi connectivity index (χ4n) is 1.20. The summed E-state index contributed by atoms with van der Waals surface area (Å²) in [5.74, 6) is 0.141. The minimum Gasteiger partial charge on any atom is -0.294 e. The van der Waals surface area contributed by atoms with E-state index in [4.69, 9.17) is 0 Å². The molecule has 0 aromatic carbocycles. The molecule has 0 unspecified atom stereocenters. The second kappa shape index (κ2) is 2.77. The van der Waals surface area contributed by atoms with Gasteiger partial charge in [-0.05, 0) is 17.7 Å². The van der Waals surface area contributed by atoms with E-state index in [9.17, 15) is 4.79 Å². The van der Waals surface area contributed by atoms with Gasteiger partial charge in [-0.25, -0.2) is 0 Å². The Hall–Kier alpha value is -1.64. The number of ketones is 1. The van der Waals surface area contributed by atoms with Crippen LogP contribution in [0.5, 0.6) is 0 Å². The maximum atomic E-state index is 11.0. The number of aromatic nitrogens is 2. The van der Waals surface area contributed by atoms with Crippen LogP contribution in [0.1, 0.15) is 12.1 Å². The van der Waals surface area contributed by atoms with Crippen molar-refractivity contribution in [3.8, 4) is 0 Å². The van der Waals surface area contributed by atoms with E-state index < -0.39 is 0 Å². The molecule has 1 aromatic heterocycles. The molecule has 0 saturated carbocycles. The lowest BCUT2D eigenvalue weighted by molar-refractivity contribution is -0.113. The van der Waals surface area contributed by atoms with Gasteiger partial charge in [-0.1, -0.05) is 12.2 Å². The van der Waals surface area contributed by atoms with Crippen LogP contribution in [0.15, 0.2) is 30.5 Å². The van der Waals surface area contributed by atoms with E-state index in [1.165, 1.54) is 0 Å². The van der Waals surface area contributed by atoms with E-state index in [0.29, 0.717) is 6.42 Å². The van der Waals surface area contributed by atoms with Crippen molar-refractivity contribution in [1.29, 1.82) is 0 Å². The van der Waals surface area contributed by atoms with E-state index in [0.717, 1.165) is 11.3 Å². The van der Waals surface area contributed by atoms with Crippen molar-refractivity contribution in [2.24, 2.45) is 0 Å². The van der Waals surface area contributed by atoms with Gasteiger partial charge in [0.05, 0.1) is 5.69 Å². The normalized spacial score (nSPS) is 16.3. The molecule has 0 bridgehead atoms. The van der Waals surface area contributed by atoms with Gasteiger partial charge in [0.1, 0.15) is 0 Å². The first kappa shape index (κ1) is 7.03. The monoisotopic (exact) mass is 160 g/mol. The van der Waals surface area contributed by atoms with Crippen LogP contribution in [0, 0.1) is 0 Å². The van der Waals surface area contributed by atoms with E-state index in [1.54, 1.807) is 18.3 Å². The van der Waals surface area contributed by atoms with Gasteiger partial charge in [0.15, 0.2) is 5.78 Å². The summed E-state index contributed by atoms with van der Waals surface area (Å²) in [6.45, 7) is 0. The molecule has 0 aliphatic heterocycles.